The number of aliphatic imine (C=N–C) groups is 2. The second-order valence-electron chi connectivity index (χ2n) is 5.58. The Morgan fingerprint density at radius 3 is 1.58 bits per heavy atom. The first kappa shape index (κ1) is 19.9. The summed E-state index contributed by atoms with van der Waals surface area (Å²) in [5, 5.41) is 56.0. The van der Waals surface area contributed by atoms with Gasteiger partial charge in [0.1, 0.15) is 53.5 Å². The highest BCUT2D eigenvalue weighted by molar-refractivity contribution is 6.53. The van der Waals surface area contributed by atoms with Gasteiger partial charge in [0, 0.05) is 0 Å². The topological polar surface area (TPSA) is 219 Å². The number of fused-ring (bicyclic) bond motifs is 3. The quantitative estimate of drug-likeness (QED) is 0.605. The Bertz CT molecular complexity index is 1480. The summed E-state index contributed by atoms with van der Waals surface area (Å²) in [4.78, 5) is 24.4. The maximum Gasteiger partial charge on any atom is 0.177 e. The first-order chi connectivity index (χ1) is 15.0. The van der Waals surface area contributed by atoms with E-state index in [2.05, 4.69) is 36.5 Å². The molecule has 0 aromatic carbocycles. The molecule has 1 aliphatic rings. The Balaban J connectivity index is 2.52. The van der Waals surface area contributed by atoms with Gasteiger partial charge in [-0.25, -0.2) is 24.9 Å². The molecule has 12 heteroatoms. The zero-order chi connectivity index (χ0) is 22.5. The van der Waals surface area contributed by atoms with Crippen molar-refractivity contribution in [2.45, 2.75) is 6.54 Å². The molecule has 12 nitrogen and oxygen atoms in total. The predicted octanol–water partition coefficient (Wildman–Crippen LogP) is 0.834. The third-order valence-corrected chi connectivity index (χ3v) is 3.85. The van der Waals surface area contributed by atoms with Crippen molar-refractivity contribution in [2.24, 2.45) is 9.98 Å². The fraction of sp³-hybridized carbons (Fsp3) is 0.0526. The van der Waals surface area contributed by atoms with Gasteiger partial charge in [0.15, 0.2) is 34.2 Å². The van der Waals surface area contributed by atoms with Gasteiger partial charge in [0.2, 0.25) is 0 Å². The molecule has 31 heavy (non-hydrogen) atoms. The van der Waals surface area contributed by atoms with Gasteiger partial charge < -0.3 is 0 Å². The van der Waals surface area contributed by atoms with Gasteiger partial charge in [0.25, 0.3) is 0 Å². The van der Waals surface area contributed by atoms with E-state index in [0.717, 1.165) is 0 Å². The molecule has 2 aromatic rings. The SMILES string of the molecule is C=C1/N=C(C#N)\C(C#N)=N/Cc2nc(C#N)c(C#N)nc2-c2nc(C#N)c(C#N)nc21. The van der Waals surface area contributed by atoms with E-state index in [1.54, 1.807) is 36.4 Å². The molecule has 0 amide bonds. The molecule has 0 saturated heterocycles. The molecule has 0 N–H and O–H groups in total. The smallest absolute Gasteiger partial charge is 0.177 e. The van der Waals surface area contributed by atoms with Crippen LogP contribution in [0.5, 0.6) is 0 Å². The fourth-order valence-electron chi connectivity index (χ4n) is 2.52. The van der Waals surface area contributed by atoms with Crippen molar-refractivity contribution in [2.75, 3.05) is 0 Å². The van der Waals surface area contributed by atoms with E-state index < -0.39 is 0 Å². The Kier molecular flexibility index (Phi) is 5.17. The summed E-state index contributed by atoms with van der Waals surface area (Å²) in [6.45, 7) is 3.40. The summed E-state index contributed by atoms with van der Waals surface area (Å²) < 4.78 is 0. The van der Waals surface area contributed by atoms with Gasteiger partial charge >= 0.3 is 0 Å². The maximum absolute atomic E-state index is 9.37. The van der Waals surface area contributed by atoms with Crippen LogP contribution in [0.3, 0.4) is 0 Å². The number of rotatable bonds is 0. The highest BCUT2D eigenvalue weighted by Gasteiger charge is 2.25. The zero-order valence-electron chi connectivity index (χ0n) is 15.3. The Hall–Kier alpha value is -5.82. The van der Waals surface area contributed by atoms with Crippen LogP contribution < -0.4 is 0 Å². The average molecular weight is 400 g/mol. The van der Waals surface area contributed by atoms with E-state index in [1.807, 2.05) is 0 Å². The summed E-state index contributed by atoms with van der Waals surface area (Å²) in [6.07, 6.45) is 0. The largest absolute Gasteiger partial charge is 0.265 e. The lowest BCUT2D eigenvalue weighted by Crippen LogP contribution is -2.15. The molecule has 0 saturated carbocycles. The van der Waals surface area contributed by atoms with E-state index in [1.165, 1.54) is 0 Å². The van der Waals surface area contributed by atoms with Gasteiger partial charge in [-0.15, -0.1) is 0 Å². The molecule has 3 rings (SSSR count). The molecule has 0 bridgehead atoms. The lowest BCUT2D eigenvalue weighted by molar-refractivity contribution is 0.944. The van der Waals surface area contributed by atoms with E-state index in [9.17, 15) is 31.6 Å². The van der Waals surface area contributed by atoms with Crippen molar-refractivity contribution in [3.05, 3.63) is 40.7 Å². The lowest BCUT2D eigenvalue weighted by atomic mass is 10.1. The number of nitrogens with zero attached hydrogens (tertiary/aromatic N) is 12. The summed E-state index contributed by atoms with van der Waals surface area (Å²) in [5.41, 5.74) is -2.37. The molecule has 1 aliphatic heterocycles. The zero-order valence-corrected chi connectivity index (χ0v) is 15.3. The van der Waals surface area contributed by atoms with E-state index >= 15 is 0 Å². The first-order valence-corrected chi connectivity index (χ1v) is 8.07. The third-order valence-electron chi connectivity index (χ3n) is 3.85. The van der Waals surface area contributed by atoms with Crippen molar-refractivity contribution >= 4 is 17.1 Å². The summed E-state index contributed by atoms with van der Waals surface area (Å²) in [6, 6.07) is 10.5. The molecule has 2 aromatic heterocycles. The minimum atomic E-state index is -0.367. The van der Waals surface area contributed by atoms with Gasteiger partial charge in [-0.05, 0) is 0 Å². The van der Waals surface area contributed by atoms with Crippen LogP contribution in [0.4, 0.5) is 0 Å². The van der Waals surface area contributed by atoms with Gasteiger partial charge in [-0.2, -0.15) is 31.6 Å². The molecular formula is C19H4N12. The number of aromatic nitrogens is 4. The van der Waals surface area contributed by atoms with Gasteiger partial charge in [-0.3, -0.25) is 4.99 Å². The van der Waals surface area contributed by atoms with Crippen molar-refractivity contribution in [1.82, 2.24) is 19.9 Å². The van der Waals surface area contributed by atoms with Crippen molar-refractivity contribution < 1.29 is 0 Å². The monoisotopic (exact) mass is 400 g/mol. The summed E-state index contributed by atoms with van der Waals surface area (Å²) in [7, 11) is 0. The highest BCUT2D eigenvalue weighted by Crippen LogP contribution is 2.29. The molecule has 0 radical (unpaired) electrons. The molecule has 140 valence electrons. The molecule has 0 spiro atoms. The molecule has 0 fully saturated rings. The van der Waals surface area contributed by atoms with Crippen LogP contribution >= 0.6 is 0 Å². The molecule has 0 aliphatic carbocycles. The van der Waals surface area contributed by atoms with Crippen molar-refractivity contribution in [3.63, 3.8) is 0 Å². The number of nitriles is 6. The fourth-order valence-corrected chi connectivity index (χ4v) is 2.52. The van der Waals surface area contributed by atoms with Crippen LogP contribution in [0.15, 0.2) is 16.6 Å². The van der Waals surface area contributed by atoms with Gasteiger partial charge in [0.05, 0.1) is 17.9 Å². The standard InChI is InChI=1S/C19H4N12/c1-9-17-19(31-15(7-25)14(6-24)29-17)18-16(28-12(4-22)13(5-23)30-18)8-26-10(2-20)11(3-21)27-9/h1,8H2/b26-10-,27-11-. The van der Waals surface area contributed by atoms with Crippen LogP contribution in [0.1, 0.15) is 34.2 Å². The maximum atomic E-state index is 9.37. The molecular weight excluding hydrogens is 396 g/mol. The lowest BCUT2D eigenvalue weighted by Gasteiger charge is -2.13. The second-order valence-corrected chi connectivity index (χ2v) is 5.58. The van der Waals surface area contributed by atoms with Gasteiger partial charge in [-0.1, -0.05) is 6.58 Å². The minimum absolute atomic E-state index is 0.0273. The van der Waals surface area contributed by atoms with Crippen LogP contribution in [0, 0.1) is 68.0 Å². The van der Waals surface area contributed by atoms with E-state index in [0.29, 0.717) is 0 Å². The van der Waals surface area contributed by atoms with Crippen LogP contribution in [-0.4, -0.2) is 31.4 Å². The number of hydrogen-bond donors (Lipinski definition) is 0. The Morgan fingerprint density at radius 1 is 0.581 bits per heavy atom. The van der Waals surface area contributed by atoms with E-state index in [4.69, 9.17) is 0 Å². The van der Waals surface area contributed by atoms with Crippen molar-refractivity contribution in [1.29, 1.82) is 31.6 Å². The minimum Gasteiger partial charge on any atom is -0.265 e. The van der Waals surface area contributed by atoms with E-state index in [-0.39, 0.29) is 69.2 Å². The van der Waals surface area contributed by atoms with Crippen LogP contribution in [0.2, 0.25) is 0 Å². The average Bonchev–Trinajstić information content (AvgIpc) is 2.81. The normalized spacial score (nSPS) is 15.4. The predicted molar refractivity (Wildman–Crippen MR) is 101 cm³/mol. The summed E-state index contributed by atoms with van der Waals surface area (Å²) >= 11 is 0. The molecule has 0 atom stereocenters. The van der Waals surface area contributed by atoms with Crippen LogP contribution in [-0.2, 0) is 6.54 Å². The number of hydrogen-bond acceptors (Lipinski definition) is 12. The molecule has 3 heterocycles. The second kappa shape index (κ2) is 8.05. The van der Waals surface area contributed by atoms with Crippen molar-refractivity contribution in [3.8, 4) is 47.8 Å². The third kappa shape index (κ3) is 3.40. The first-order valence-electron chi connectivity index (χ1n) is 8.07. The Morgan fingerprint density at radius 2 is 1.06 bits per heavy atom. The summed E-state index contributed by atoms with van der Waals surface area (Å²) in [5.74, 6) is 0. The van der Waals surface area contributed by atoms with Crippen LogP contribution in [0.25, 0.3) is 17.1 Å². The highest BCUT2D eigenvalue weighted by atomic mass is 15.0. The Labute approximate surface area is 174 Å². The molecule has 0 unspecified atom stereocenters.